The molecule has 0 unspecified atom stereocenters. The molecule has 178 valence electrons. The molecule has 3 nitrogen and oxygen atoms in total. The smallest absolute Gasteiger partial charge is 0.128 e. The van der Waals surface area contributed by atoms with Gasteiger partial charge in [-0.2, -0.15) is 0 Å². The number of fused-ring (bicyclic) bond motifs is 3. The van der Waals surface area contributed by atoms with Crippen molar-refractivity contribution in [2.45, 2.75) is 19.8 Å². The van der Waals surface area contributed by atoms with Crippen molar-refractivity contribution < 1.29 is 9.47 Å². The van der Waals surface area contributed by atoms with Crippen LogP contribution in [-0.4, -0.2) is 20.8 Å². The maximum absolute atomic E-state index is 5.93. The Morgan fingerprint density at radius 2 is 1.11 bits per heavy atom. The summed E-state index contributed by atoms with van der Waals surface area (Å²) in [6.07, 6.45) is 2.27. The van der Waals surface area contributed by atoms with Gasteiger partial charge in [-0.1, -0.05) is 74.0 Å². The van der Waals surface area contributed by atoms with Crippen molar-refractivity contribution in [2.24, 2.45) is 0 Å². The fourth-order valence-electron chi connectivity index (χ4n) is 4.73. The minimum atomic E-state index is -0.927. The summed E-state index contributed by atoms with van der Waals surface area (Å²) >= 11 is 0. The highest BCUT2D eigenvalue weighted by molar-refractivity contribution is 7.85. The highest BCUT2D eigenvalue weighted by atomic mass is 31.2. The molecular formula is C30H31NO2P2. The maximum atomic E-state index is 5.93. The summed E-state index contributed by atoms with van der Waals surface area (Å²) in [5.41, 5.74) is 0. The Balaban J connectivity index is 1.85. The molecule has 0 saturated carbocycles. The topological polar surface area (TPSA) is 21.7 Å². The first-order chi connectivity index (χ1) is 17.3. The molecule has 1 aromatic heterocycles. The van der Waals surface area contributed by atoms with Crippen LogP contribution in [0, 0.1) is 0 Å². The monoisotopic (exact) mass is 499 g/mol. The quantitative estimate of drug-likeness (QED) is 0.193. The molecule has 0 aliphatic carbocycles. The van der Waals surface area contributed by atoms with Crippen molar-refractivity contribution in [1.82, 2.24) is 0 Å². The van der Waals surface area contributed by atoms with Crippen LogP contribution in [0.5, 0.6) is 11.5 Å². The molecule has 1 heterocycles. The van der Waals surface area contributed by atoms with Gasteiger partial charge in [0, 0.05) is 35.5 Å². The summed E-state index contributed by atoms with van der Waals surface area (Å²) in [6, 6.07) is 34.9. The molecule has 5 heteroatoms. The van der Waals surface area contributed by atoms with Gasteiger partial charge in [0.25, 0.3) is 0 Å². The van der Waals surface area contributed by atoms with Crippen LogP contribution in [0.4, 0.5) is 0 Å². The standard InChI is InChI=1S/C30H31NO2P2/c1-4-5-22-31(34-27-18-10-6-14-23(27)24-15-7-11-19-28(24)34)35(29-20-12-8-16-25(29)32-2)30-21-13-9-17-26(30)33-3/h6-21H,4-5,22H2,1-3H3. The Kier molecular flexibility index (Phi) is 7.40. The van der Waals surface area contributed by atoms with E-state index in [4.69, 9.17) is 9.47 Å². The third-order valence-electron chi connectivity index (χ3n) is 6.35. The van der Waals surface area contributed by atoms with E-state index in [-0.39, 0.29) is 0 Å². The highest BCUT2D eigenvalue weighted by Gasteiger charge is 2.31. The Hall–Kier alpha value is -2.83. The predicted molar refractivity (Wildman–Crippen MR) is 154 cm³/mol. The zero-order valence-electron chi connectivity index (χ0n) is 20.5. The van der Waals surface area contributed by atoms with E-state index >= 15 is 0 Å². The van der Waals surface area contributed by atoms with Crippen LogP contribution < -0.4 is 24.5 Å². The summed E-state index contributed by atoms with van der Waals surface area (Å²) in [6.45, 7) is 3.28. The van der Waals surface area contributed by atoms with Gasteiger partial charge in [-0.3, -0.25) is 0 Å². The summed E-state index contributed by atoms with van der Waals surface area (Å²) in [5, 5.41) is 8.08. The lowest BCUT2D eigenvalue weighted by atomic mass is 10.2. The van der Waals surface area contributed by atoms with Crippen LogP contribution in [0.15, 0.2) is 97.1 Å². The fraction of sp³-hybridized carbons (Fsp3) is 0.200. The second kappa shape index (κ2) is 10.8. The number of rotatable bonds is 9. The molecule has 0 atom stereocenters. The Morgan fingerprint density at radius 1 is 0.657 bits per heavy atom. The van der Waals surface area contributed by atoms with Gasteiger partial charge in [0.2, 0.25) is 0 Å². The van der Waals surface area contributed by atoms with Gasteiger partial charge < -0.3 is 9.47 Å². The third kappa shape index (κ3) is 4.45. The Labute approximate surface area is 210 Å². The molecule has 0 radical (unpaired) electrons. The molecule has 0 N–H and O–H groups in total. The first kappa shape index (κ1) is 23.9. The van der Waals surface area contributed by atoms with Crippen molar-refractivity contribution in [3.05, 3.63) is 97.1 Å². The summed E-state index contributed by atoms with van der Waals surface area (Å²) in [5.74, 6) is 1.86. The third-order valence-corrected chi connectivity index (χ3v) is 12.1. The molecule has 0 aliphatic heterocycles. The fourth-order valence-corrected chi connectivity index (χ4v) is 11.3. The molecular weight excluding hydrogens is 468 g/mol. The molecule has 5 rings (SSSR count). The van der Waals surface area contributed by atoms with E-state index in [0.29, 0.717) is 0 Å². The van der Waals surface area contributed by atoms with Gasteiger partial charge >= 0.3 is 0 Å². The molecule has 0 spiro atoms. The molecule has 0 fully saturated rings. The van der Waals surface area contributed by atoms with Crippen molar-refractivity contribution in [3.63, 3.8) is 0 Å². The van der Waals surface area contributed by atoms with Gasteiger partial charge in [0.05, 0.1) is 14.2 Å². The largest absolute Gasteiger partial charge is 0.496 e. The highest BCUT2D eigenvalue weighted by Crippen LogP contribution is 2.59. The molecule has 4 aromatic carbocycles. The van der Waals surface area contributed by atoms with E-state index < -0.39 is 15.8 Å². The SMILES string of the molecule is CCCCN(P(c1ccccc1OC)c1ccccc1OC)p1c2ccccc2c2ccccc21. The van der Waals surface area contributed by atoms with E-state index in [9.17, 15) is 0 Å². The number of unbranched alkanes of at least 4 members (excludes halogenated alkanes) is 1. The van der Waals surface area contributed by atoms with Crippen molar-refractivity contribution in [3.8, 4) is 11.5 Å². The van der Waals surface area contributed by atoms with Crippen LogP contribution >= 0.6 is 15.8 Å². The lowest BCUT2D eigenvalue weighted by Gasteiger charge is -2.34. The van der Waals surface area contributed by atoms with Gasteiger partial charge in [-0.25, -0.2) is 4.44 Å². The Bertz CT molecular complexity index is 1340. The van der Waals surface area contributed by atoms with Gasteiger partial charge in [-0.05, 0) is 61.3 Å². The minimum absolute atomic E-state index is 0.722. The average molecular weight is 500 g/mol. The lowest BCUT2D eigenvalue weighted by Crippen LogP contribution is -2.29. The second-order valence-corrected chi connectivity index (χ2v) is 12.9. The number of methoxy groups -OCH3 is 2. The van der Waals surface area contributed by atoms with Gasteiger partial charge in [0.1, 0.15) is 11.5 Å². The van der Waals surface area contributed by atoms with Crippen molar-refractivity contribution >= 4 is 47.4 Å². The first-order valence-electron chi connectivity index (χ1n) is 12.1. The van der Waals surface area contributed by atoms with E-state index in [2.05, 4.69) is 108 Å². The normalized spacial score (nSPS) is 11.6. The molecule has 0 saturated heterocycles. The van der Waals surface area contributed by atoms with Crippen molar-refractivity contribution in [1.29, 1.82) is 0 Å². The van der Waals surface area contributed by atoms with Gasteiger partial charge in [0.15, 0.2) is 0 Å². The number of ether oxygens (including phenoxy) is 2. The maximum Gasteiger partial charge on any atom is 0.128 e. The predicted octanol–water partition coefficient (Wildman–Crippen LogP) is 7.78. The molecule has 0 aliphatic rings. The number of hydrogen-bond acceptors (Lipinski definition) is 3. The zero-order chi connectivity index (χ0) is 24.2. The minimum Gasteiger partial charge on any atom is -0.496 e. The van der Waals surface area contributed by atoms with Crippen LogP contribution in [0.3, 0.4) is 0 Å². The summed E-state index contributed by atoms with van der Waals surface area (Å²) < 4.78 is 14.7. The molecule has 5 aromatic rings. The Morgan fingerprint density at radius 3 is 1.60 bits per heavy atom. The summed E-state index contributed by atoms with van der Waals surface area (Å²) in [4.78, 5) is 0. The average Bonchev–Trinajstić information content (AvgIpc) is 3.25. The van der Waals surface area contributed by atoms with Gasteiger partial charge in [-0.15, -0.1) is 0 Å². The van der Waals surface area contributed by atoms with E-state index in [1.807, 2.05) is 0 Å². The van der Waals surface area contributed by atoms with Crippen LogP contribution in [0.1, 0.15) is 19.8 Å². The van der Waals surface area contributed by atoms with E-state index in [1.165, 1.54) is 31.6 Å². The van der Waals surface area contributed by atoms with Crippen molar-refractivity contribution in [2.75, 3.05) is 25.2 Å². The zero-order valence-corrected chi connectivity index (χ0v) is 22.3. The second-order valence-electron chi connectivity index (χ2n) is 8.45. The molecule has 0 bridgehead atoms. The number of para-hydroxylation sites is 2. The molecule has 35 heavy (non-hydrogen) atoms. The lowest BCUT2D eigenvalue weighted by molar-refractivity contribution is 0.417. The first-order valence-corrected chi connectivity index (χ1v) is 14.7. The molecule has 0 amide bonds. The van der Waals surface area contributed by atoms with Crippen LogP contribution in [0.25, 0.3) is 21.0 Å². The number of hydrogen-bond donors (Lipinski definition) is 0. The van der Waals surface area contributed by atoms with E-state index in [0.717, 1.165) is 30.9 Å². The number of benzene rings is 4. The summed E-state index contributed by atoms with van der Waals surface area (Å²) in [7, 11) is 1.90. The van der Waals surface area contributed by atoms with Crippen LogP contribution in [0.2, 0.25) is 0 Å². The number of nitrogens with zero attached hydrogens (tertiary/aromatic N) is 1. The van der Waals surface area contributed by atoms with E-state index in [1.54, 1.807) is 14.2 Å². The van der Waals surface area contributed by atoms with Crippen LogP contribution in [-0.2, 0) is 0 Å².